The smallest absolute Gasteiger partial charge is 0.321 e. The minimum atomic E-state index is -0.102. The fourth-order valence-corrected chi connectivity index (χ4v) is 3.40. The summed E-state index contributed by atoms with van der Waals surface area (Å²) in [6.45, 7) is 4.10. The summed E-state index contributed by atoms with van der Waals surface area (Å²) < 4.78 is 16.7. The first-order valence-electron chi connectivity index (χ1n) is 10.4. The molecule has 1 N–H and O–H groups in total. The van der Waals surface area contributed by atoms with Gasteiger partial charge in [-0.25, -0.2) is 4.79 Å². The molecule has 158 valence electrons. The second-order valence-electron chi connectivity index (χ2n) is 7.34. The molecule has 1 fully saturated rings. The van der Waals surface area contributed by atoms with Gasteiger partial charge in [-0.1, -0.05) is 13.3 Å². The number of anilines is 1. The van der Waals surface area contributed by atoms with Crippen molar-refractivity contribution >= 4 is 11.7 Å². The molecule has 1 aliphatic heterocycles. The number of amides is 2. The molecule has 0 spiro atoms. The first kappa shape index (κ1) is 20.0. The predicted molar refractivity (Wildman–Crippen MR) is 111 cm³/mol. The van der Waals surface area contributed by atoms with Crippen LogP contribution in [-0.4, -0.2) is 40.8 Å². The molecule has 0 atom stereocenters. The Morgan fingerprint density at radius 3 is 2.70 bits per heavy atom. The lowest BCUT2D eigenvalue weighted by molar-refractivity contribution is 0.190. The van der Waals surface area contributed by atoms with Crippen LogP contribution in [0.4, 0.5) is 10.5 Å². The Morgan fingerprint density at radius 1 is 1.20 bits per heavy atom. The zero-order valence-electron chi connectivity index (χ0n) is 17.0. The number of ether oxygens (including phenoxy) is 1. The van der Waals surface area contributed by atoms with Crippen LogP contribution in [0.3, 0.4) is 0 Å². The van der Waals surface area contributed by atoms with Crippen molar-refractivity contribution in [2.45, 2.75) is 38.5 Å². The quantitative estimate of drug-likeness (QED) is 0.556. The normalized spacial score (nSPS) is 14.6. The predicted octanol–water partition coefficient (Wildman–Crippen LogP) is 4.92. The Bertz CT molecular complexity index is 928. The third-order valence-electron chi connectivity index (χ3n) is 5.18. The molecule has 0 unspecified atom stereocenters. The molecular formula is C22H26N4O4. The highest BCUT2D eigenvalue weighted by atomic mass is 16.5. The minimum absolute atomic E-state index is 0.102. The number of unbranched alkanes of at least 4 members (excludes halogenated alkanes) is 1. The highest BCUT2D eigenvalue weighted by Gasteiger charge is 2.28. The van der Waals surface area contributed by atoms with Crippen molar-refractivity contribution in [1.82, 2.24) is 15.1 Å². The molecule has 2 amide bonds. The van der Waals surface area contributed by atoms with Crippen molar-refractivity contribution in [3.05, 3.63) is 48.6 Å². The number of aromatic nitrogens is 2. The molecule has 3 aromatic rings. The summed E-state index contributed by atoms with van der Waals surface area (Å²) in [5, 5.41) is 11.2. The van der Waals surface area contributed by atoms with E-state index in [1.54, 1.807) is 18.4 Å². The number of carbonyl (C=O) groups excluding carboxylic acids is 1. The lowest BCUT2D eigenvalue weighted by Crippen LogP contribution is -2.40. The number of nitrogens with zero attached hydrogens (tertiary/aromatic N) is 3. The lowest BCUT2D eigenvalue weighted by Gasteiger charge is -2.30. The maximum Gasteiger partial charge on any atom is 0.321 e. The third kappa shape index (κ3) is 4.82. The Morgan fingerprint density at radius 2 is 2.00 bits per heavy atom. The summed E-state index contributed by atoms with van der Waals surface area (Å²) in [6.07, 6.45) is 5.25. The molecule has 30 heavy (non-hydrogen) atoms. The van der Waals surface area contributed by atoms with Gasteiger partial charge in [-0.15, -0.1) is 10.2 Å². The lowest BCUT2D eigenvalue weighted by atomic mass is 9.97. The highest BCUT2D eigenvalue weighted by molar-refractivity contribution is 5.89. The van der Waals surface area contributed by atoms with Crippen molar-refractivity contribution in [2.24, 2.45) is 0 Å². The van der Waals surface area contributed by atoms with E-state index in [0.29, 0.717) is 37.2 Å². The molecule has 1 saturated heterocycles. The number of furan rings is 1. The summed E-state index contributed by atoms with van der Waals surface area (Å²) in [5.41, 5.74) is 0.755. The number of nitrogens with one attached hydrogen (secondary N) is 1. The number of urea groups is 1. The van der Waals surface area contributed by atoms with Gasteiger partial charge >= 0.3 is 6.03 Å². The van der Waals surface area contributed by atoms with E-state index in [4.69, 9.17) is 13.6 Å². The van der Waals surface area contributed by atoms with E-state index in [0.717, 1.165) is 37.1 Å². The number of benzene rings is 1. The van der Waals surface area contributed by atoms with Gasteiger partial charge in [0.15, 0.2) is 5.76 Å². The van der Waals surface area contributed by atoms with Crippen LogP contribution in [0.2, 0.25) is 0 Å². The Kier molecular flexibility index (Phi) is 6.32. The van der Waals surface area contributed by atoms with Crippen molar-refractivity contribution in [3.63, 3.8) is 0 Å². The molecule has 4 rings (SSSR count). The number of rotatable bonds is 7. The van der Waals surface area contributed by atoms with Gasteiger partial charge in [0.1, 0.15) is 5.75 Å². The molecule has 0 radical (unpaired) electrons. The topological polar surface area (TPSA) is 93.6 Å². The molecule has 8 heteroatoms. The minimum Gasteiger partial charge on any atom is -0.494 e. The molecule has 3 heterocycles. The van der Waals surface area contributed by atoms with E-state index in [-0.39, 0.29) is 11.9 Å². The van der Waals surface area contributed by atoms with Crippen LogP contribution >= 0.6 is 0 Å². The summed E-state index contributed by atoms with van der Waals surface area (Å²) >= 11 is 0. The van der Waals surface area contributed by atoms with E-state index in [1.807, 2.05) is 29.2 Å². The fourth-order valence-electron chi connectivity index (χ4n) is 3.40. The number of hydrogen-bond donors (Lipinski definition) is 1. The second-order valence-corrected chi connectivity index (χ2v) is 7.34. The zero-order chi connectivity index (χ0) is 20.8. The third-order valence-corrected chi connectivity index (χ3v) is 5.18. The molecule has 0 bridgehead atoms. The van der Waals surface area contributed by atoms with Crippen LogP contribution in [0.15, 0.2) is 51.5 Å². The number of piperidine rings is 1. The van der Waals surface area contributed by atoms with Crippen molar-refractivity contribution < 1.29 is 18.4 Å². The average molecular weight is 410 g/mol. The van der Waals surface area contributed by atoms with E-state index in [2.05, 4.69) is 22.4 Å². The fraction of sp³-hybridized carbons (Fsp3) is 0.409. The van der Waals surface area contributed by atoms with E-state index < -0.39 is 0 Å². The van der Waals surface area contributed by atoms with Gasteiger partial charge in [0.25, 0.3) is 5.89 Å². The monoisotopic (exact) mass is 410 g/mol. The molecule has 0 saturated carbocycles. The van der Waals surface area contributed by atoms with Crippen LogP contribution in [0.5, 0.6) is 5.75 Å². The van der Waals surface area contributed by atoms with E-state index in [1.165, 1.54) is 0 Å². The Labute approximate surface area is 175 Å². The largest absolute Gasteiger partial charge is 0.494 e. The highest BCUT2D eigenvalue weighted by Crippen LogP contribution is 2.29. The van der Waals surface area contributed by atoms with Crippen molar-refractivity contribution in [2.75, 3.05) is 25.0 Å². The summed E-state index contributed by atoms with van der Waals surface area (Å²) in [4.78, 5) is 14.4. The van der Waals surface area contributed by atoms with Gasteiger partial charge < -0.3 is 23.8 Å². The van der Waals surface area contributed by atoms with Gasteiger partial charge in [-0.3, -0.25) is 0 Å². The van der Waals surface area contributed by atoms with Gasteiger partial charge in [0.05, 0.1) is 12.9 Å². The van der Waals surface area contributed by atoms with Crippen LogP contribution in [0.1, 0.15) is 44.4 Å². The van der Waals surface area contributed by atoms with Gasteiger partial charge in [0.2, 0.25) is 5.89 Å². The van der Waals surface area contributed by atoms with Crippen molar-refractivity contribution in [3.8, 4) is 17.4 Å². The summed E-state index contributed by atoms with van der Waals surface area (Å²) in [5.74, 6) is 2.50. The summed E-state index contributed by atoms with van der Waals surface area (Å²) in [7, 11) is 0. The Balaban J connectivity index is 1.26. The number of carbonyl (C=O) groups is 1. The molecule has 0 aliphatic carbocycles. The van der Waals surface area contributed by atoms with E-state index in [9.17, 15) is 4.79 Å². The Hall–Kier alpha value is -3.29. The van der Waals surface area contributed by atoms with Gasteiger partial charge in [0, 0.05) is 24.7 Å². The second kappa shape index (κ2) is 9.47. The van der Waals surface area contributed by atoms with Gasteiger partial charge in [-0.05, 0) is 55.7 Å². The molecule has 8 nitrogen and oxygen atoms in total. The standard InChI is InChI=1S/C22H26N4O4/c1-2-3-14-28-18-8-6-17(7-9-18)23-22(27)26-12-10-16(11-13-26)20-24-25-21(30-20)19-5-4-15-29-19/h4-9,15-16H,2-3,10-14H2,1H3,(H,23,27). The van der Waals surface area contributed by atoms with Crippen LogP contribution < -0.4 is 10.1 Å². The van der Waals surface area contributed by atoms with Crippen LogP contribution in [0.25, 0.3) is 11.7 Å². The summed E-state index contributed by atoms with van der Waals surface area (Å²) in [6, 6.07) is 10.9. The zero-order valence-corrected chi connectivity index (χ0v) is 17.0. The molecular weight excluding hydrogens is 384 g/mol. The SMILES string of the molecule is CCCCOc1ccc(NC(=O)N2CCC(c3nnc(-c4ccco4)o3)CC2)cc1. The first-order chi connectivity index (χ1) is 14.7. The van der Waals surface area contributed by atoms with Crippen LogP contribution in [0, 0.1) is 0 Å². The van der Waals surface area contributed by atoms with Crippen molar-refractivity contribution in [1.29, 1.82) is 0 Å². The molecule has 1 aliphatic rings. The molecule has 1 aromatic carbocycles. The maximum absolute atomic E-state index is 12.6. The average Bonchev–Trinajstić information content (AvgIpc) is 3.47. The molecule has 2 aromatic heterocycles. The van der Waals surface area contributed by atoms with Crippen LogP contribution in [-0.2, 0) is 0 Å². The maximum atomic E-state index is 12.6. The van der Waals surface area contributed by atoms with E-state index >= 15 is 0 Å². The first-order valence-corrected chi connectivity index (χ1v) is 10.4. The van der Waals surface area contributed by atoms with Gasteiger partial charge in [-0.2, -0.15) is 0 Å². The number of likely N-dealkylation sites (tertiary alicyclic amines) is 1. The number of hydrogen-bond acceptors (Lipinski definition) is 6.